The van der Waals surface area contributed by atoms with Crippen LogP contribution in [-0.2, 0) is 20.9 Å². The third kappa shape index (κ3) is 3.53. The Morgan fingerprint density at radius 2 is 2.17 bits per heavy atom. The van der Waals surface area contributed by atoms with E-state index in [-0.39, 0.29) is 18.0 Å². The molecule has 1 heterocycles. The van der Waals surface area contributed by atoms with Gasteiger partial charge in [-0.15, -0.1) is 0 Å². The number of esters is 1. The molecular formula is C14H19NO3. The minimum atomic E-state index is -0.0827. The summed E-state index contributed by atoms with van der Waals surface area (Å²) in [6.45, 7) is 0.599. The van der Waals surface area contributed by atoms with E-state index in [1.165, 1.54) is 7.11 Å². The number of hydrogen-bond donors (Lipinski definition) is 0. The van der Waals surface area contributed by atoms with Gasteiger partial charge in [0.25, 0.3) is 0 Å². The van der Waals surface area contributed by atoms with Crippen LogP contribution in [0.2, 0.25) is 0 Å². The molecule has 4 heteroatoms. The molecule has 1 aliphatic carbocycles. The van der Waals surface area contributed by atoms with E-state index >= 15 is 0 Å². The fourth-order valence-corrected chi connectivity index (χ4v) is 2.33. The van der Waals surface area contributed by atoms with Crippen LogP contribution >= 0.6 is 0 Å². The van der Waals surface area contributed by atoms with Crippen molar-refractivity contribution in [3.05, 3.63) is 30.1 Å². The predicted molar refractivity (Wildman–Crippen MR) is 66.8 cm³/mol. The number of nitrogens with zero attached hydrogens (tertiary/aromatic N) is 1. The van der Waals surface area contributed by atoms with Crippen LogP contribution in [0.15, 0.2) is 24.5 Å². The monoisotopic (exact) mass is 249 g/mol. The zero-order valence-corrected chi connectivity index (χ0v) is 10.7. The van der Waals surface area contributed by atoms with Crippen LogP contribution in [-0.4, -0.2) is 24.2 Å². The number of hydrogen-bond acceptors (Lipinski definition) is 4. The molecule has 0 N–H and O–H groups in total. The lowest BCUT2D eigenvalue weighted by Crippen LogP contribution is -2.26. The Hall–Kier alpha value is -1.42. The minimum absolute atomic E-state index is 0.0632. The lowest BCUT2D eigenvalue weighted by molar-refractivity contribution is -0.147. The summed E-state index contributed by atoms with van der Waals surface area (Å²) in [5, 5.41) is 0. The van der Waals surface area contributed by atoms with Gasteiger partial charge in [0, 0.05) is 12.4 Å². The van der Waals surface area contributed by atoms with Gasteiger partial charge >= 0.3 is 5.97 Å². The Bertz CT molecular complexity index is 372. The third-order valence-corrected chi connectivity index (χ3v) is 3.42. The van der Waals surface area contributed by atoms with Crippen molar-refractivity contribution >= 4 is 5.97 Å². The maximum absolute atomic E-state index is 11.4. The molecule has 2 rings (SSSR count). The number of aromatic nitrogens is 1. The van der Waals surface area contributed by atoms with Crippen molar-refractivity contribution < 1.29 is 14.3 Å². The molecule has 4 nitrogen and oxygen atoms in total. The Morgan fingerprint density at radius 3 is 2.78 bits per heavy atom. The van der Waals surface area contributed by atoms with Crippen LogP contribution in [0.1, 0.15) is 31.2 Å². The summed E-state index contributed by atoms with van der Waals surface area (Å²) in [5.41, 5.74) is 1.09. The molecule has 0 bridgehead atoms. The van der Waals surface area contributed by atoms with Crippen molar-refractivity contribution in [3.8, 4) is 0 Å². The number of carbonyl (C=O) groups excluding carboxylic acids is 1. The van der Waals surface area contributed by atoms with Gasteiger partial charge in [0.15, 0.2) is 0 Å². The number of methoxy groups -OCH3 is 1. The normalized spacial score (nSPS) is 23.6. The van der Waals surface area contributed by atoms with Gasteiger partial charge in [-0.05, 0) is 37.3 Å². The molecule has 0 radical (unpaired) electrons. The van der Waals surface area contributed by atoms with E-state index in [1.54, 1.807) is 6.20 Å². The Balaban J connectivity index is 1.72. The predicted octanol–water partition coefficient (Wildman–Crippen LogP) is 2.33. The van der Waals surface area contributed by atoms with Gasteiger partial charge in [-0.25, -0.2) is 0 Å². The van der Waals surface area contributed by atoms with Crippen molar-refractivity contribution in [2.75, 3.05) is 7.11 Å². The fraction of sp³-hybridized carbons (Fsp3) is 0.571. The van der Waals surface area contributed by atoms with E-state index < -0.39 is 0 Å². The molecule has 0 amide bonds. The molecule has 0 aliphatic heterocycles. The van der Waals surface area contributed by atoms with Gasteiger partial charge in [0.1, 0.15) is 0 Å². The summed E-state index contributed by atoms with van der Waals surface area (Å²) >= 11 is 0. The van der Waals surface area contributed by atoms with Crippen LogP contribution in [0.5, 0.6) is 0 Å². The zero-order chi connectivity index (χ0) is 12.8. The number of rotatable bonds is 4. The van der Waals surface area contributed by atoms with Crippen molar-refractivity contribution in [2.24, 2.45) is 5.92 Å². The molecule has 18 heavy (non-hydrogen) atoms. The van der Waals surface area contributed by atoms with Gasteiger partial charge in [0.05, 0.1) is 25.7 Å². The van der Waals surface area contributed by atoms with Crippen LogP contribution < -0.4 is 0 Å². The zero-order valence-electron chi connectivity index (χ0n) is 10.7. The number of carbonyl (C=O) groups is 1. The molecular weight excluding hydrogens is 230 g/mol. The van der Waals surface area contributed by atoms with Crippen molar-refractivity contribution in [1.29, 1.82) is 0 Å². The van der Waals surface area contributed by atoms with Crippen LogP contribution in [0, 0.1) is 5.92 Å². The summed E-state index contributed by atoms with van der Waals surface area (Å²) in [6.07, 6.45) is 7.42. The van der Waals surface area contributed by atoms with Gasteiger partial charge in [-0.3, -0.25) is 9.78 Å². The van der Waals surface area contributed by atoms with E-state index in [0.717, 1.165) is 31.2 Å². The highest BCUT2D eigenvalue weighted by Gasteiger charge is 2.27. The maximum atomic E-state index is 11.4. The van der Waals surface area contributed by atoms with Crippen molar-refractivity contribution in [2.45, 2.75) is 38.4 Å². The Labute approximate surface area is 107 Å². The Morgan fingerprint density at radius 1 is 1.39 bits per heavy atom. The fourth-order valence-electron chi connectivity index (χ4n) is 2.33. The van der Waals surface area contributed by atoms with Crippen LogP contribution in [0.25, 0.3) is 0 Å². The largest absolute Gasteiger partial charge is 0.469 e. The molecule has 1 saturated carbocycles. The second-order valence-electron chi connectivity index (χ2n) is 4.67. The summed E-state index contributed by atoms with van der Waals surface area (Å²) in [7, 11) is 1.45. The van der Waals surface area contributed by atoms with E-state index in [9.17, 15) is 4.79 Å². The average Bonchev–Trinajstić information content (AvgIpc) is 2.46. The van der Waals surface area contributed by atoms with Crippen LogP contribution in [0.4, 0.5) is 0 Å². The lowest BCUT2D eigenvalue weighted by atomic mass is 9.87. The quantitative estimate of drug-likeness (QED) is 0.768. The second-order valence-corrected chi connectivity index (χ2v) is 4.67. The third-order valence-electron chi connectivity index (χ3n) is 3.42. The van der Waals surface area contributed by atoms with Crippen molar-refractivity contribution in [3.63, 3.8) is 0 Å². The molecule has 0 saturated heterocycles. The smallest absolute Gasteiger partial charge is 0.308 e. The first-order chi connectivity index (χ1) is 8.79. The molecule has 0 atom stereocenters. The highest BCUT2D eigenvalue weighted by atomic mass is 16.5. The standard InChI is InChI=1S/C14H19NO3/c1-17-14(16)12-4-6-13(7-5-12)18-10-11-3-2-8-15-9-11/h2-3,8-9,12-13H,4-7,10H2,1H3. The lowest BCUT2D eigenvalue weighted by Gasteiger charge is -2.26. The minimum Gasteiger partial charge on any atom is -0.469 e. The van der Waals surface area contributed by atoms with Gasteiger partial charge in [-0.1, -0.05) is 6.07 Å². The first-order valence-electron chi connectivity index (χ1n) is 6.38. The van der Waals surface area contributed by atoms with Gasteiger partial charge < -0.3 is 9.47 Å². The summed E-state index contributed by atoms with van der Waals surface area (Å²) < 4.78 is 10.6. The number of ether oxygens (including phenoxy) is 2. The summed E-state index contributed by atoms with van der Waals surface area (Å²) in [4.78, 5) is 15.4. The van der Waals surface area contributed by atoms with E-state index in [1.807, 2.05) is 18.3 Å². The molecule has 0 spiro atoms. The SMILES string of the molecule is COC(=O)C1CCC(OCc2cccnc2)CC1. The highest BCUT2D eigenvalue weighted by Crippen LogP contribution is 2.27. The highest BCUT2D eigenvalue weighted by molar-refractivity contribution is 5.72. The Kier molecular flexibility index (Phi) is 4.70. The molecule has 0 aromatic carbocycles. The molecule has 1 fully saturated rings. The van der Waals surface area contributed by atoms with E-state index in [4.69, 9.17) is 9.47 Å². The van der Waals surface area contributed by atoms with Gasteiger partial charge in [0.2, 0.25) is 0 Å². The second kappa shape index (κ2) is 6.50. The van der Waals surface area contributed by atoms with E-state index in [2.05, 4.69) is 4.98 Å². The van der Waals surface area contributed by atoms with E-state index in [0.29, 0.717) is 6.61 Å². The van der Waals surface area contributed by atoms with Crippen LogP contribution in [0.3, 0.4) is 0 Å². The summed E-state index contributed by atoms with van der Waals surface area (Å²) in [5.74, 6) is -0.0195. The molecule has 98 valence electrons. The van der Waals surface area contributed by atoms with Crippen molar-refractivity contribution in [1.82, 2.24) is 4.98 Å². The maximum Gasteiger partial charge on any atom is 0.308 e. The molecule has 0 unspecified atom stereocenters. The average molecular weight is 249 g/mol. The van der Waals surface area contributed by atoms with Gasteiger partial charge in [-0.2, -0.15) is 0 Å². The molecule has 1 aliphatic rings. The number of pyridine rings is 1. The first kappa shape index (κ1) is 13.0. The molecule has 1 aromatic heterocycles. The first-order valence-corrected chi connectivity index (χ1v) is 6.38. The molecule has 1 aromatic rings. The summed E-state index contributed by atoms with van der Waals surface area (Å²) in [6, 6.07) is 3.92. The topological polar surface area (TPSA) is 48.4 Å².